The molecular formula is C17H28N2OS. The maximum Gasteiger partial charge on any atom is 0.0604 e. The van der Waals surface area contributed by atoms with Crippen molar-refractivity contribution in [3.05, 3.63) is 21.9 Å². The molecule has 2 heterocycles. The molecule has 1 atom stereocenters. The van der Waals surface area contributed by atoms with Gasteiger partial charge in [0.05, 0.1) is 19.3 Å². The summed E-state index contributed by atoms with van der Waals surface area (Å²) in [5, 5.41) is 6.08. The van der Waals surface area contributed by atoms with Crippen LogP contribution in [0.3, 0.4) is 0 Å². The first-order chi connectivity index (χ1) is 10.3. The molecule has 4 heteroatoms. The van der Waals surface area contributed by atoms with Crippen LogP contribution in [0.25, 0.3) is 0 Å². The van der Waals surface area contributed by atoms with Crippen molar-refractivity contribution < 1.29 is 4.74 Å². The second-order valence-electron chi connectivity index (χ2n) is 6.37. The van der Waals surface area contributed by atoms with Gasteiger partial charge in [-0.15, -0.1) is 11.3 Å². The van der Waals surface area contributed by atoms with Crippen molar-refractivity contribution in [2.45, 2.75) is 51.1 Å². The fourth-order valence-corrected chi connectivity index (χ4v) is 5.31. The largest absolute Gasteiger partial charge is 0.379 e. The number of hydrogen-bond acceptors (Lipinski definition) is 4. The molecule has 1 aromatic heterocycles. The standard InChI is InChI=1S/C17H28N2OS/c1-3-18-16(15-14(2)6-13-21-15)17(7-4-5-8-17)19-9-11-20-12-10-19/h6,13,16,18H,3-5,7-12H2,1-2H3. The van der Waals surface area contributed by atoms with E-state index in [1.54, 1.807) is 4.88 Å². The molecular weight excluding hydrogens is 280 g/mol. The highest BCUT2D eigenvalue weighted by molar-refractivity contribution is 7.10. The van der Waals surface area contributed by atoms with Crippen molar-refractivity contribution in [2.75, 3.05) is 32.8 Å². The lowest BCUT2D eigenvalue weighted by molar-refractivity contribution is -0.0357. The molecule has 0 aromatic carbocycles. The normalized spacial score (nSPS) is 24.3. The molecule has 1 saturated heterocycles. The fourth-order valence-electron chi connectivity index (χ4n) is 4.19. The lowest BCUT2D eigenvalue weighted by Crippen LogP contribution is -2.58. The van der Waals surface area contributed by atoms with E-state index in [4.69, 9.17) is 4.74 Å². The maximum absolute atomic E-state index is 5.60. The number of morpholine rings is 1. The van der Waals surface area contributed by atoms with Crippen LogP contribution >= 0.6 is 11.3 Å². The minimum atomic E-state index is 0.301. The highest BCUT2D eigenvalue weighted by Crippen LogP contribution is 2.46. The Kier molecular flexibility index (Phi) is 4.99. The average molecular weight is 308 g/mol. The molecule has 1 unspecified atom stereocenters. The topological polar surface area (TPSA) is 24.5 Å². The molecule has 0 spiro atoms. The van der Waals surface area contributed by atoms with Crippen LogP contribution in [-0.4, -0.2) is 43.3 Å². The SMILES string of the molecule is CCNC(c1sccc1C)C1(N2CCOCC2)CCCC1. The number of hydrogen-bond donors (Lipinski definition) is 1. The van der Waals surface area contributed by atoms with Gasteiger partial charge < -0.3 is 10.1 Å². The van der Waals surface area contributed by atoms with E-state index in [9.17, 15) is 0 Å². The highest BCUT2D eigenvalue weighted by atomic mass is 32.1. The summed E-state index contributed by atoms with van der Waals surface area (Å²) in [6.45, 7) is 9.50. The minimum absolute atomic E-state index is 0.301. The van der Waals surface area contributed by atoms with Crippen molar-refractivity contribution in [3.8, 4) is 0 Å². The average Bonchev–Trinajstić information content (AvgIpc) is 3.16. The van der Waals surface area contributed by atoms with Crippen LogP contribution in [0.4, 0.5) is 0 Å². The molecule has 0 amide bonds. The van der Waals surface area contributed by atoms with Gasteiger partial charge in [-0.1, -0.05) is 19.8 Å². The number of aryl methyl sites for hydroxylation is 1. The third-order valence-electron chi connectivity index (χ3n) is 5.22. The molecule has 1 aliphatic carbocycles. The van der Waals surface area contributed by atoms with Crippen LogP contribution in [0.2, 0.25) is 0 Å². The lowest BCUT2D eigenvalue weighted by atomic mass is 9.83. The number of nitrogens with zero attached hydrogens (tertiary/aromatic N) is 1. The van der Waals surface area contributed by atoms with Crippen LogP contribution < -0.4 is 5.32 Å². The first kappa shape index (κ1) is 15.5. The lowest BCUT2D eigenvalue weighted by Gasteiger charge is -2.48. The van der Waals surface area contributed by atoms with E-state index in [1.807, 2.05) is 11.3 Å². The van der Waals surface area contributed by atoms with Crippen molar-refractivity contribution in [2.24, 2.45) is 0 Å². The summed E-state index contributed by atoms with van der Waals surface area (Å²) in [6.07, 6.45) is 5.37. The zero-order chi connectivity index (χ0) is 14.7. The smallest absolute Gasteiger partial charge is 0.0604 e. The quantitative estimate of drug-likeness (QED) is 0.903. The van der Waals surface area contributed by atoms with E-state index in [2.05, 4.69) is 35.5 Å². The molecule has 0 bridgehead atoms. The summed E-state index contributed by atoms with van der Waals surface area (Å²) < 4.78 is 5.60. The van der Waals surface area contributed by atoms with Gasteiger partial charge in [-0.05, 0) is 43.3 Å². The van der Waals surface area contributed by atoms with Crippen molar-refractivity contribution >= 4 is 11.3 Å². The van der Waals surface area contributed by atoms with Gasteiger partial charge in [-0.25, -0.2) is 0 Å². The Labute approximate surface area is 132 Å². The van der Waals surface area contributed by atoms with Gasteiger partial charge in [0.15, 0.2) is 0 Å². The Morgan fingerprint density at radius 2 is 2.05 bits per heavy atom. The first-order valence-electron chi connectivity index (χ1n) is 8.38. The summed E-state index contributed by atoms with van der Waals surface area (Å²) in [4.78, 5) is 4.28. The number of nitrogens with one attached hydrogen (secondary N) is 1. The predicted octanol–water partition coefficient (Wildman–Crippen LogP) is 3.35. The van der Waals surface area contributed by atoms with E-state index in [-0.39, 0.29) is 0 Å². The fraction of sp³-hybridized carbons (Fsp3) is 0.765. The molecule has 1 aliphatic heterocycles. The van der Waals surface area contributed by atoms with Gasteiger partial charge in [0.25, 0.3) is 0 Å². The third kappa shape index (κ3) is 2.91. The molecule has 3 rings (SSSR count). The monoisotopic (exact) mass is 308 g/mol. The van der Waals surface area contributed by atoms with Crippen molar-refractivity contribution in [3.63, 3.8) is 0 Å². The van der Waals surface area contributed by atoms with E-state index < -0.39 is 0 Å². The summed E-state index contributed by atoms with van der Waals surface area (Å²) in [5.74, 6) is 0. The van der Waals surface area contributed by atoms with Gasteiger partial charge in [-0.2, -0.15) is 0 Å². The Hall–Kier alpha value is -0.420. The second kappa shape index (κ2) is 6.78. The molecule has 2 aliphatic rings. The Bertz CT molecular complexity index is 447. The summed E-state index contributed by atoms with van der Waals surface area (Å²) in [5.41, 5.74) is 1.75. The van der Waals surface area contributed by atoms with Crippen LogP contribution in [-0.2, 0) is 4.74 Å². The summed E-state index contributed by atoms with van der Waals surface area (Å²) >= 11 is 1.93. The van der Waals surface area contributed by atoms with Gasteiger partial charge in [0.2, 0.25) is 0 Å². The molecule has 0 radical (unpaired) electrons. The molecule has 1 saturated carbocycles. The highest BCUT2D eigenvalue weighted by Gasteiger charge is 2.47. The molecule has 118 valence electrons. The van der Waals surface area contributed by atoms with E-state index in [0.717, 1.165) is 32.8 Å². The number of likely N-dealkylation sites (N-methyl/N-ethyl adjacent to an activating group) is 1. The zero-order valence-corrected chi connectivity index (χ0v) is 14.2. The summed E-state index contributed by atoms with van der Waals surface area (Å²) in [6, 6.07) is 2.75. The Balaban J connectivity index is 1.94. The number of thiophene rings is 1. The van der Waals surface area contributed by atoms with Crippen LogP contribution in [0.1, 0.15) is 49.1 Å². The van der Waals surface area contributed by atoms with Gasteiger partial charge in [0, 0.05) is 23.5 Å². The minimum Gasteiger partial charge on any atom is -0.379 e. The van der Waals surface area contributed by atoms with Gasteiger partial charge in [-0.3, -0.25) is 4.90 Å². The van der Waals surface area contributed by atoms with Crippen LogP contribution in [0.15, 0.2) is 11.4 Å². The molecule has 2 fully saturated rings. The van der Waals surface area contributed by atoms with Crippen LogP contribution in [0.5, 0.6) is 0 Å². The zero-order valence-electron chi connectivity index (χ0n) is 13.4. The van der Waals surface area contributed by atoms with Crippen LogP contribution in [0, 0.1) is 6.92 Å². The molecule has 3 nitrogen and oxygen atoms in total. The number of rotatable bonds is 5. The van der Waals surface area contributed by atoms with E-state index in [1.165, 1.54) is 31.2 Å². The van der Waals surface area contributed by atoms with Gasteiger partial charge >= 0.3 is 0 Å². The Morgan fingerprint density at radius 3 is 2.62 bits per heavy atom. The van der Waals surface area contributed by atoms with Crippen molar-refractivity contribution in [1.29, 1.82) is 0 Å². The molecule has 1 aromatic rings. The summed E-state index contributed by atoms with van der Waals surface area (Å²) in [7, 11) is 0. The second-order valence-corrected chi connectivity index (χ2v) is 7.32. The number of ether oxygens (including phenoxy) is 1. The van der Waals surface area contributed by atoms with Gasteiger partial charge in [0.1, 0.15) is 0 Å². The van der Waals surface area contributed by atoms with E-state index in [0.29, 0.717) is 11.6 Å². The maximum atomic E-state index is 5.60. The first-order valence-corrected chi connectivity index (χ1v) is 9.26. The third-order valence-corrected chi connectivity index (χ3v) is 6.30. The molecule has 21 heavy (non-hydrogen) atoms. The van der Waals surface area contributed by atoms with E-state index >= 15 is 0 Å². The Morgan fingerprint density at radius 1 is 1.33 bits per heavy atom. The predicted molar refractivity (Wildman–Crippen MR) is 89.1 cm³/mol. The van der Waals surface area contributed by atoms with Crippen molar-refractivity contribution in [1.82, 2.24) is 10.2 Å². The molecule has 1 N–H and O–H groups in total.